The summed E-state index contributed by atoms with van der Waals surface area (Å²) in [5.41, 5.74) is 0. The Labute approximate surface area is 98.5 Å². The van der Waals surface area contributed by atoms with Crippen molar-refractivity contribution < 1.29 is 13.5 Å². The SMILES string of the molecule is CC1CCCCC1NS(=O)(=O)CCCCO. The van der Waals surface area contributed by atoms with Crippen LogP contribution in [0, 0.1) is 5.92 Å². The molecule has 96 valence electrons. The molecule has 1 saturated carbocycles. The summed E-state index contributed by atoms with van der Waals surface area (Å²) in [6.07, 6.45) is 5.50. The van der Waals surface area contributed by atoms with Crippen LogP contribution in [0.4, 0.5) is 0 Å². The molecule has 1 fully saturated rings. The van der Waals surface area contributed by atoms with E-state index in [1.807, 2.05) is 0 Å². The average Bonchev–Trinajstić information content (AvgIpc) is 2.21. The van der Waals surface area contributed by atoms with E-state index in [2.05, 4.69) is 11.6 Å². The minimum Gasteiger partial charge on any atom is -0.396 e. The molecule has 0 aromatic carbocycles. The predicted octanol–water partition coefficient (Wildman–Crippen LogP) is 1.26. The molecule has 5 heteroatoms. The number of unbranched alkanes of at least 4 members (excludes halogenated alkanes) is 1. The first-order valence-corrected chi connectivity index (χ1v) is 7.81. The first-order chi connectivity index (χ1) is 7.55. The molecule has 1 aliphatic rings. The fraction of sp³-hybridized carbons (Fsp3) is 1.00. The largest absolute Gasteiger partial charge is 0.396 e. The number of sulfonamides is 1. The van der Waals surface area contributed by atoms with Crippen LogP contribution in [-0.2, 0) is 10.0 Å². The highest BCUT2D eigenvalue weighted by atomic mass is 32.2. The summed E-state index contributed by atoms with van der Waals surface area (Å²) in [5, 5.41) is 8.61. The molecule has 1 rings (SSSR count). The van der Waals surface area contributed by atoms with Crippen LogP contribution in [0.5, 0.6) is 0 Å². The second kappa shape index (κ2) is 6.57. The smallest absolute Gasteiger partial charge is 0.211 e. The van der Waals surface area contributed by atoms with Crippen LogP contribution in [0.2, 0.25) is 0 Å². The lowest BCUT2D eigenvalue weighted by Crippen LogP contribution is -2.42. The zero-order valence-electron chi connectivity index (χ0n) is 9.98. The second-order valence-electron chi connectivity index (χ2n) is 4.74. The third-order valence-electron chi connectivity index (χ3n) is 3.26. The Morgan fingerprint density at radius 3 is 2.56 bits per heavy atom. The van der Waals surface area contributed by atoms with Crippen molar-refractivity contribution in [3.63, 3.8) is 0 Å². The van der Waals surface area contributed by atoms with Crippen molar-refractivity contribution in [3.8, 4) is 0 Å². The third kappa shape index (κ3) is 4.80. The molecule has 0 aromatic rings. The highest BCUT2D eigenvalue weighted by Crippen LogP contribution is 2.24. The lowest BCUT2D eigenvalue weighted by atomic mass is 9.87. The Kier molecular flexibility index (Phi) is 5.72. The van der Waals surface area contributed by atoms with Crippen LogP contribution in [0.3, 0.4) is 0 Å². The topological polar surface area (TPSA) is 66.4 Å². The number of nitrogens with one attached hydrogen (secondary N) is 1. The first-order valence-electron chi connectivity index (χ1n) is 6.16. The van der Waals surface area contributed by atoms with Gasteiger partial charge in [0.1, 0.15) is 0 Å². The summed E-state index contributed by atoms with van der Waals surface area (Å²) in [7, 11) is -3.15. The van der Waals surface area contributed by atoms with Crippen molar-refractivity contribution in [2.24, 2.45) is 5.92 Å². The highest BCUT2D eigenvalue weighted by molar-refractivity contribution is 7.89. The predicted molar refractivity (Wildman–Crippen MR) is 64.7 cm³/mol. The number of aliphatic hydroxyl groups excluding tert-OH is 1. The van der Waals surface area contributed by atoms with E-state index in [1.165, 1.54) is 6.42 Å². The van der Waals surface area contributed by atoms with E-state index < -0.39 is 10.0 Å². The van der Waals surface area contributed by atoms with Crippen molar-refractivity contribution in [2.45, 2.75) is 51.5 Å². The Bertz CT molecular complexity index is 290. The van der Waals surface area contributed by atoms with Gasteiger partial charge in [-0.3, -0.25) is 0 Å². The van der Waals surface area contributed by atoms with Gasteiger partial charge in [-0.2, -0.15) is 0 Å². The van der Waals surface area contributed by atoms with E-state index in [4.69, 9.17) is 5.11 Å². The Hall–Kier alpha value is -0.130. The zero-order chi connectivity index (χ0) is 12.0. The monoisotopic (exact) mass is 249 g/mol. The van der Waals surface area contributed by atoms with Crippen molar-refractivity contribution >= 4 is 10.0 Å². The Morgan fingerprint density at radius 1 is 1.25 bits per heavy atom. The van der Waals surface area contributed by atoms with Gasteiger partial charge in [-0.05, 0) is 31.6 Å². The number of hydrogen-bond acceptors (Lipinski definition) is 3. The second-order valence-corrected chi connectivity index (χ2v) is 6.61. The van der Waals surface area contributed by atoms with Crippen molar-refractivity contribution in [3.05, 3.63) is 0 Å². The number of hydrogen-bond donors (Lipinski definition) is 2. The maximum Gasteiger partial charge on any atom is 0.211 e. The molecule has 4 nitrogen and oxygen atoms in total. The molecule has 0 aromatic heterocycles. The summed E-state index contributed by atoms with van der Waals surface area (Å²) < 4.78 is 26.2. The van der Waals surface area contributed by atoms with Crippen LogP contribution >= 0.6 is 0 Å². The van der Waals surface area contributed by atoms with Gasteiger partial charge >= 0.3 is 0 Å². The minimum absolute atomic E-state index is 0.0648. The van der Waals surface area contributed by atoms with E-state index in [1.54, 1.807) is 0 Å². The summed E-state index contributed by atoms with van der Waals surface area (Å²) in [6, 6.07) is 0.118. The molecule has 16 heavy (non-hydrogen) atoms. The molecule has 0 amide bonds. The fourth-order valence-electron chi connectivity index (χ4n) is 2.18. The van der Waals surface area contributed by atoms with Crippen LogP contribution < -0.4 is 4.72 Å². The van der Waals surface area contributed by atoms with Gasteiger partial charge in [0.15, 0.2) is 0 Å². The minimum atomic E-state index is -3.15. The molecule has 0 radical (unpaired) electrons. The van der Waals surface area contributed by atoms with E-state index >= 15 is 0 Å². The van der Waals surface area contributed by atoms with E-state index in [9.17, 15) is 8.42 Å². The molecule has 0 saturated heterocycles. The van der Waals surface area contributed by atoms with Crippen LogP contribution in [-0.4, -0.2) is 31.9 Å². The van der Waals surface area contributed by atoms with E-state index in [0.29, 0.717) is 18.8 Å². The lowest BCUT2D eigenvalue weighted by Gasteiger charge is -2.29. The van der Waals surface area contributed by atoms with Crippen molar-refractivity contribution in [2.75, 3.05) is 12.4 Å². The summed E-state index contributed by atoms with van der Waals surface area (Å²) >= 11 is 0. The van der Waals surface area contributed by atoms with Gasteiger partial charge < -0.3 is 5.11 Å². The van der Waals surface area contributed by atoms with Gasteiger partial charge in [-0.15, -0.1) is 0 Å². The maximum absolute atomic E-state index is 11.7. The summed E-state index contributed by atoms with van der Waals surface area (Å²) in [6.45, 7) is 2.18. The van der Waals surface area contributed by atoms with Crippen LogP contribution in [0.25, 0.3) is 0 Å². The lowest BCUT2D eigenvalue weighted by molar-refractivity contribution is 0.286. The number of aliphatic hydroxyl groups is 1. The molecular weight excluding hydrogens is 226 g/mol. The molecule has 0 spiro atoms. The number of rotatable bonds is 6. The van der Waals surface area contributed by atoms with E-state index in [0.717, 1.165) is 19.3 Å². The molecule has 0 heterocycles. The van der Waals surface area contributed by atoms with Gasteiger partial charge in [0.05, 0.1) is 5.75 Å². The quantitative estimate of drug-likeness (QED) is 0.696. The normalized spacial score (nSPS) is 26.9. The van der Waals surface area contributed by atoms with Gasteiger partial charge in [-0.25, -0.2) is 13.1 Å². The Balaban J connectivity index is 2.38. The van der Waals surface area contributed by atoms with Crippen molar-refractivity contribution in [1.82, 2.24) is 4.72 Å². The molecular formula is C11H23NO3S. The molecule has 1 aliphatic carbocycles. The standard InChI is InChI=1S/C11H23NO3S/c1-10-6-2-3-7-11(10)12-16(14,15)9-5-4-8-13/h10-13H,2-9H2,1H3. The third-order valence-corrected chi connectivity index (χ3v) is 4.75. The zero-order valence-corrected chi connectivity index (χ0v) is 10.8. The van der Waals surface area contributed by atoms with Gasteiger partial charge in [0.25, 0.3) is 0 Å². The van der Waals surface area contributed by atoms with Gasteiger partial charge in [0, 0.05) is 12.6 Å². The van der Waals surface area contributed by atoms with Crippen LogP contribution in [0.15, 0.2) is 0 Å². The average molecular weight is 249 g/mol. The molecule has 2 unspecified atom stereocenters. The summed E-state index contributed by atoms with van der Waals surface area (Å²) in [4.78, 5) is 0. The summed E-state index contributed by atoms with van der Waals surface area (Å²) in [5.74, 6) is 0.581. The fourth-order valence-corrected chi connectivity index (χ4v) is 3.70. The van der Waals surface area contributed by atoms with Gasteiger partial charge in [-0.1, -0.05) is 19.8 Å². The molecule has 0 bridgehead atoms. The highest BCUT2D eigenvalue weighted by Gasteiger charge is 2.25. The van der Waals surface area contributed by atoms with Crippen LogP contribution in [0.1, 0.15) is 45.4 Å². The first kappa shape index (κ1) is 13.9. The van der Waals surface area contributed by atoms with Gasteiger partial charge in [0.2, 0.25) is 10.0 Å². The van der Waals surface area contributed by atoms with E-state index in [-0.39, 0.29) is 18.4 Å². The van der Waals surface area contributed by atoms with Crippen molar-refractivity contribution in [1.29, 1.82) is 0 Å². The molecule has 2 atom stereocenters. The molecule has 2 N–H and O–H groups in total. The molecule has 0 aliphatic heterocycles. The maximum atomic E-state index is 11.7. The Morgan fingerprint density at radius 2 is 1.94 bits per heavy atom.